The molecular weight excluding hydrogens is 378 g/mol. The van der Waals surface area contributed by atoms with Crippen molar-refractivity contribution in [3.8, 4) is 0 Å². The quantitative estimate of drug-likeness (QED) is 0.434. The Morgan fingerprint density at radius 3 is 2.67 bits per heavy atom. The van der Waals surface area contributed by atoms with E-state index >= 15 is 0 Å². The summed E-state index contributed by atoms with van der Waals surface area (Å²) in [6, 6.07) is 14.7. The topological polar surface area (TPSA) is 114 Å². The predicted octanol–water partition coefficient (Wildman–Crippen LogP) is 3.17. The SMILES string of the molecule is NC(=O)C(=Cc1c[nH]c2ncc(NC(=O)Cc3cccnc3)cc12)c1ccccc1. The molecule has 0 atom stereocenters. The minimum absolute atomic E-state index is 0.168. The van der Waals surface area contributed by atoms with Crippen molar-refractivity contribution in [2.24, 2.45) is 5.73 Å². The Hall–Kier alpha value is -4.26. The van der Waals surface area contributed by atoms with Gasteiger partial charge in [0.25, 0.3) is 0 Å². The van der Waals surface area contributed by atoms with Gasteiger partial charge in [-0.05, 0) is 29.3 Å². The molecule has 4 N–H and O–H groups in total. The van der Waals surface area contributed by atoms with Crippen molar-refractivity contribution in [3.63, 3.8) is 0 Å². The molecule has 0 fully saturated rings. The number of rotatable bonds is 6. The fourth-order valence-electron chi connectivity index (χ4n) is 3.17. The van der Waals surface area contributed by atoms with Crippen molar-refractivity contribution in [2.75, 3.05) is 5.32 Å². The summed E-state index contributed by atoms with van der Waals surface area (Å²) in [7, 11) is 0. The minimum atomic E-state index is -0.524. The van der Waals surface area contributed by atoms with E-state index in [4.69, 9.17) is 5.73 Å². The van der Waals surface area contributed by atoms with Gasteiger partial charge in [-0.3, -0.25) is 14.6 Å². The van der Waals surface area contributed by atoms with Crippen molar-refractivity contribution < 1.29 is 9.59 Å². The van der Waals surface area contributed by atoms with E-state index in [1.54, 1.807) is 36.9 Å². The van der Waals surface area contributed by atoms with E-state index in [9.17, 15) is 9.59 Å². The Morgan fingerprint density at radius 2 is 1.93 bits per heavy atom. The van der Waals surface area contributed by atoms with Gasteiger partial charge in [0.05, 0.1) is 18.3 Å². The van der Waals surface area contributed by atoms with Crippen LogP contribution in [0.25, 0.3) is 22.7 Å². The number of nitrogens with two attached hydrogens (primary N) is 1. The molecule has 148 valence electrons. The molecule has 0 aliphatic rings. The number of carbonyl (C=O) groups excluding carboxylic acids is 2. The Bertz CT molecular complexity index is 1230. The molecule has 0 radical (unpaired) electrons. The second kappa shape index (κ2) is 8.40. The zero-order chi connectivity index (χ0) is 20.9. The van der Waals surface area contributed by atoms with E-state index in [0.29, 0.717) is 16.9 Å². The van der Waals surface area contributed by atoms with E-state index in [-0.39, 0.29) is 12.3 Å². The second-order valence-corrected chi connectivity index (χ2v) is 6.74. The molecule has 2 amide bonds. The van der Waals surface area contributed by atoms with Crippen LogP contribution < -0.4 is 11.1 Å². The number of aromatic nitrogens is 3. The number of hydrogen-bond acceptors (Lipinski definition) is 4. The third-order valence-corrected chi connectivity index (χ3v) is 4.58. The molecule has 0 aliphatic heterocycles. The molecule has 7 heteroatoms. The maximum absolute atomic E-state index is 12.3. The molecule has 4 rings (SSSR count). The number of nitrogens with zero attached hydrogens (tertiary/aromatic N) is 2. The number of nitrogens with one attached hydrogen (secondary N) is 2. The number of fused-ring (bicyclic) bond motifs is 1. The van der Waals surface area contributed by atoms with Gasteiger partial charge in [0.1, 0.15) is 5.65 Å². The van der Waals surface area contributed by atoms with Gasteiger partial charge >= 0.3 is 0 Å². The fraction of sp³-hybridized carbons (Fsp3) is 0.0435. The molecule has 1 aromatic carbocycles. The zero-order valence-corrected chi connectivity index (χ0v) is 16.0. The number of primary amides is 1. The zero-order valence-electron chi connectivity index (χ0n) is 16.0. The van der Waals surface area contributed by atoms with Gasteiger partial charge < -0.3 is 16.0 Å². The molecule has 0 unspecified atom stereocenters. The van der Waals surface area contributed by atoms with Crippen LogP contribution in [0.15, 0.2) is 73.3 Å². The maximum atomic E-state index is 12.3. The van der Waals surface area contributed by atoms with Crippen LogP contribution in [-0.4, -0.2) is 26.8 Å². The third kappa shape index (κ3) is 4.25. The highest BCUT2D eigenvalue weighted by atomic mass is 16.2. The number of pyridine rings is 2. The lowest BCUT2D eigenvalue weighted by Crippen LogP contribution is -2.14. The van der Waals surface area contributed by atoms with Gasteiger partial charge in [0, 0.05) is 35.1 Å². The summed E-state index contributed by atoms with van der Waals surface area (Å²) in [5, 5.41) is 3.62. The number of anilines is 1. The van der Waals surface area contributed by atoms with Crippen molar-refractivity contribution in [3.05, 3.63) is 90.0 Å². The van der Waals surface area contributed by atoms with E-state index in [1.165, 1.54) is 0 Å². The highest BCUT2D eigenvalue weighted by Gasteiger charge is 2.12. The number of aromatic amines is 1. The lowest BCUT2D eigenvalue weighted by atomic mass is 10.0. The van der Waals surface area contributed by atoms with Gasteiger partial charge in [-0.15, -0.1) is 0 Å². The Balaban J connectivity index is 1.63. The number of hydrogen-bond donors (Lipinski definition) is 3. The summed E-state index contributed by atoms with van der Waals surface area (Å²) < 4.78 is 0. The summed E-state index contributed by atoms with van der Waals surface area (Å²) in [6.07, 6.45) is 8.59. The molecule has 30 heavy (non-hydrogen) atoms. The van der Waals surface area contributed by atoms with Crippen LogP contribution >= 0.6 is 0 Å². The first-order valence-electron chi connectivity index (χ1n) is 9.33. The predicted molar refractivity (Wildman–Crippen MR) is 116 cm³/mol. The Kier molecular flexibility index (Phi) is 5.34. The molecule has 4 aromatic rings. The molecular formula is C23H19N5O2. The number of amides is 2. The fourth-order valence-corrected chi connectivity index (χ4v) is 3.17. The highest BCUT2D eigenvalue weighted by Crippen LogP contribution is 2.25. The van der Waals surface area contributed by atoms with Gasteiger partial charge in [-0.2, -0.15) is 0 Å². The Labute approximate surface area is 172 Å². The average molecular weight is 397 g/mol. The maximum Gasteiger partial charge on any atom is 0.249 e. The first-order chi connectivity index (χ1) is 14.6. The molecule has 0 saturated carbocycles. The third-order valence-electron chi connectivity index (χ3n) is 4.58. The lowest BCUT2D eigenvalue weighted by molar-refractivity contribution is -0.115. The minimum Gasteiger partial charge on any atom is -0.366 e. The van der Waals surface area contributed by atoms with E-state index in [2.05, 4.69) is 20.3 Å². The summed E-state index contributed by atoms with van der Waals surface area (Å²) in [5.41, 5.74) is 9.50. The summed E-state index contributed by atoms with van der Waals surface area (Å²) in [4.78, 5) is 35.8. The van der Waals surface area contributed by atoms with Gasteiger partial charge in [0.2, 0.25) is 11.8 Å². The summed E-state index contributed by atoms with van der Waals surface area (Å²) >= 11 is 0. The standard InChI is InChI=1S/C23H19N5O2/c24-22(30)19(16-6-2-1-3-7-16)10-17-13-26-23-20(17)11-18(14-27-23)28-21(29)9-15-5-4-8-25-12-15/h1-8,10-14H,9H2,(H2,24,30)(H,26,27)(H,28,29). The number of carbonyl (C=O) groups is 2. The van der Waals surface area contributed by atoms with Crippen LogP contribution in [0.5, 0.6) is 0 Å². The normalized spacial score (nSPS) is 11.4. The van der Waals surface area contributed by atoms with Crippen LogP contribution in [0, 0.1) is 0 Å². The first kappa shape index (κ1) is 19.1. The molecule has 0 aliphatic carbocycles. The average Bonchev–Trinajstić information content (AvgIpc) is 3.15. The van der Waals surface area contributed by atoms with Crippen LogP contribution in [0.1, 0.15) is 16.7 Å². The van der Waals surface area contributed by atoms with Crippen molar-refractivity contribution >= 4 is 40.2 Å². The van der Waals surface area contributed by atoms with Crippen LogP contribution in [0.4, 0.5) is 5.69 Å². The highest BCUT2D eigenvalue weighted by molar-refractivity contribution is 6.24. The molecule has 0 saturated heterocycles. The van der Waals surface area contributed by atoms with E-state index < -0.39 is 5.91 Å². The Morgan fingerprint density at radius 1 is 1.10 bits per heavy atom. The number of benzene rings is 1. The smallest absolute Gasteiger partial charge is 0.249 e. The first-order valence-corrected chi connectivity index (χ1v) is 9.33. The lowest BCUT2D eigenvalue weighted by Gasteiger charge is -2.06. The van der Waals surface area contributed by atoms with E-state index in [1.807, 2.05) is 42.5 Å². The van der Waals surface area contributed by atoms with Crippen molar-refractivity contribution in [1.82, 2.24) is 15.0 Å². The monoisotopic (exact) mass is 397 g/mol. The van der Waals surface area contributed by atoms with Crippen molar-refractivity contribution in [2.45, 2.75) is 6.42 Å². The largest absolute Gasteiger partial charge is 0.366 e. The van der Waals surface area contributed by atoms with Gasteiger partial charge in [-0.1, -0.05) is 36.4 Å². The molecule has 0 spiro atoms. The second-order valence-electron chi connectivity index (χ2n) is 6.74. The van der Waals surface area contributed by atoms with Crippen LogP contribution in [-0.2, 0) is 16.0 Å². The van der Waals surface area contributed by atoms with Crippen molar-refractivity contribution in [1.29, 1.82) is 0 Å². The van der Waals surface area contributed by atoms with Gasteiger partial charge in [-0.25, -0.2) is 4.98 Å². The molecule has 3 heterocycles. The van der Waals surface area contributed by atoms with Crippen LogP contribution in [0.2, 0.25) is 0 Å². The number of H-pyrrole nitrogens is 1. The molecule has 3 aromatic heterocycles. The van der Waals surface area contributed by atoms with Gasteiger partial charge in [0.15, 0.2) is 0 Å². The summed E-state index contributed by atoms with van der Waals surface area (Å²) in [5.74, 6) is -0.691. The molecule has 7 nitrogen and oxygen atoms in total. The molecule has 0 bridgehead atoms. The van der Waals surface area contributed by atoms with E-state index in [0.717, 1.165) is 22.1 Å². The van der Waals surface area contributed by atoms with Crippen LogP contribution in [0.3, 0.4) is 0 Å². The summed E-state index contributed by atoms with van der Waals surface area (Å²) in [6.45, 7) is 0.